The molecule has 1 N–H and O–H groups in total. The van der Waals surface area contributed by atoms with Crippen molar-refractivity contribution in [1.29, 1.82) is 0 Å². The summed E-state index contributed by atoms with van der Waals surface area (Å²) in [6.45, 7) is 1.54. The zero-order valence-electron chi connectivity index (χ0n) is 14.1. The van der Waals surface area contributed by atoms with E-state index in [1.165, 1.54) is 24.3 Å². The van der Waals surface area contributed by atoms with E-state index in [-0.39, 0.29) is 12.2 Å². The van der Waals surface area contributed by atoms with Gasteiger partial charge >= 0.3 is 12.3 Å². The highest BCUT2D eigenvalue weighted by Gasteiger charge is 2.35. The van der Waals surface area contributed by atoms with E-state index in [4.69, 9.17) is 4.74 Å². The fraction of sp³-hybridized carbons (Fsp3) is 0.235. The Hall–Kier alpha value is -2.59. The molecular weight excluding hydrogens is 387 g/mol. The number of alkyl halides is 3. The summed E-state index contributed by atoms with van der Waals surface area (Å²) in [7, 11) is -4.55. The molecule has 1 atom stereocenters. The van der Waals surface area contributed by atoms with Crippen LogP contribution in [0, 0.1) is 0 Å². The minimum atomic E-state index is -5.08. The number of hydrogen-bond donors (Lipinski definition) is 1. The first kappa shape index (κ1) is 20.7. The molecule has 0 aliphatic rings. The fourth-order valence-electron chi connectivity index (χ4n) is 2.22. The molecule has 0 aliphatic heterocycles. The van der Waals surface area contributed by atoms with Gasteiger partial charge in [0.15, 0.2) is 0 Å². The predicted octanol–water partition coefficient (Wildman–Crippen LogP) is 3.17. The molecule has 0 aliphatic carbocycles. The van der Waals surface area contributed by atoms with Gasteiger partial charge in [-0.15, -0.1) is 13.2 Å². The van der Waals surface area contributed by atoms with Crippen molar-refractivity contribution in [3.05, 3.63) is 60.2 Å². The first-order valence-electron chi connectivity index (χ1n) is 7.72. The summed E-state index contributed by atoms with van der Waals surface area (Å²) in [6, 6.07) is 10.6. The maximum Gasteiger partial charge on any atom is 0.573 e. The summed E-state index contributed by atoms with van der Waals surface area (Å²) in [4.78, 5) is 11.4. The van der Waals surface area contributed by atoms with Crippen LogP contribution >= 0.6 is 0 Å². The normalized spacial score (nSPS) is 13.0. The molecule has 0 saturated heterocycles. The summed E-state index contributed by atoms with van der Waals surface area (Å²) < 4.78 is 73.7. The Labute approximate surface area is 154 Å². The van der Waals surface area contributed by atoms with E-state index in [2.05, 4.69) is 9.46 Å². The largest absolute Gasteiger partial charge is 0.573 e. The van der Waals surface area contributed by atoms with Crippen LogP contribution in [0.2, 0.25) is 0 Å². The quantitative estimate of drug-likeness (QED) is 0.719. The van der Waals surface area contributed by atoms with E-state index in [9.17, 15) is 26.4 Å². The van der Waals surface area contributed by atoms with Crippen molar-refractivity contribution in [3.8, 4) is 5.75 Å². The highest BCUT2D eigenvalue weighted by atomic mass is 32.2. The maximum atomic E-state index is 12.7. The lowest BCUT2D eigenvalue weighted by atomic mass is 10.1. The van der Waals surface area contributed by atoms with Crippen molar-refractivity contribution < 1.29 is 35.9 Å². The van der Waals surface area contributed by atoms with Crippen LogP contribution in [0.4, 0.5) is 13.2 Å². The number of para-hydroxylation sites is 1. The second kappa shape index (κ2) is 8.40. The number of carbonyl (C=O) groups is 1. The summed E-state index contributed by atoms with van der Waals surface area (Å²) in [5, 5.41) is 0. The molecule has 0 bridgehead atoms. The van der Waals surface area contributed by atoms with Gasteiger partial charge in [-0.3, -0.25) is 0 Å². The van der Waals surface area contributed by atoms with Gasteiger partial charge in [-0.25, -0.2) is 13.2 Å². The second-order valence-electron chi connectivity index (χ2n) is 5.21. The highest BCUT2D eigenvalue weighted by Crippen LogP contribution is 2.30. The van der Waals surface area contributed by atoms with Gasteiger partial charge in [-0.1, -0.05) is 42.5 Å². The molecule has 2 rings (SSSR count). The van der Waals surface area contributed by atoms with Gasteiger partial charge in [0, 0.05) is 0 Å². The Morgan fingerprint density at radius 3 is 2.26 bits per heavy atom. The molecule has 1 unspecified atom stereocenters. The van der Waals surface area contributed by atoms with Crippen LogP contribution in [-0.2, 0) is 19.6 Å². The number of rotatable bonds is 7. The van der Waals surface area contributed by atoms with Gasteiger partial charge in [0.1, 0.15) is 16.7 Å². The molecule has 2 aromatic rings. The molecule has 0 fully saturated rings. The van der Waals surface area contributed by atoms with Crippen molar-refractivity contribution in [3.63, 3.8) is 0 Å². The third kappa shape index (κ3) is 5.69. The minimum Gasteiger partial charge on any atom is -0.465 e. The molecule has 2 aromatic carbocycles. The summed E-state index contributed by atoms with van der Waals surface area (Å²) in [5.74, 6) is -1.80. The van der Waals surface area contributed by atoms with Gasteiger partial charge in [0.25, 0.3) is 0 Å². The minimum absolute atomic E-state index is 0.00232. The van der Waals surface area contributed by atoms with Crippen LogP contribution in [0.1, 0.15) is 18.5 Å². The van der Waals surface area contributed by atoms with Crippen molar-refractivity contribution in [2.75, 3.05) is 6.61 Å². The molecule has 10 heteroatoms. The Bertz CT molecular complexity index is 885. The van der Waals surface area contributed by atoms with Crippen LogP contribution in [0.25, 0.3) is 0 Å². The van der Waals surface area contributed by atoms with Crippen molar-refractivity contribution >= 4 is 16.0 Å². The standard InChI is InChI=1S/C17H16F3NO5S/c1-2-25-16(22)15(12-8-4-3-5-9-12)21-27(23,24)14-11-7-6-10-13(14)26-17(18,19)20/h3-11,15,21H,2H2,1H3. The number of esters is 1. The van der Waals surface area contributed by atoms with E-state index < -0.39 is 39.0 Å². The van der Waals surface area contributed by atoms with E-state index in [0.29, 0.717) is 0 Å². The average Bonchev–Trinajstić information content (AvgIpc) is 2.59. The van der Waals surface area contributed by atoms with Crippen LogP contribution in [-0.4, -0.2) is 27.4 Å². The lowest BCUT2D eigenvalue weighted by molar-refractivity contribution is -0.275. The van der Waals surface area contributed by atoms with E-state index in [1.54, 1.807) is 25.1 Å². The molecule has 0 aromatic heterocycles. The zero-order chi connectivity index (χ0) is 20.1. The third-order valence-corrected chi connectivity index (χ3v) is 4.75. The lowest BCUT2D eigenvalue weighted by Crippen LogP contribution is -2.35. The van der Waals surface area contributed by atoms with Crippen LogP contribution < -0.4 is 9.46 Å². The van der Waals surface area contributed by atoms with Gasteiger partial charge in [-0.2, -0.15) is 4.72 Å². The second-order valence-corrected chi connectivity index (χ2v) is 6.89. The fourth-order valence-corrected chi connectivity index (χ4v) is 3.52. The maximum absolute atomic E-state index is 12.7. The number of carbonyl (C=O) groups excluding carboxylic acids is 1. The van der Waals surface area contributed by atoms with Gasteiger partial charge in [0.05, 0.1) is 6.61 Å². The Kier molecular flexibility index (Phi) is 6.45. The number of nitrogens with one attached hydrogen (secondary N) is 1. The smallest absolute Gasteiger partial charge is 0.465 e. The summed E-state index contributed by atoms with van der Waals surface area (Å²) in [5.41, 5.74) is 0.272. The SMILES string of the molecule is CCOC(=O)C(NS(=O)(=O)c1ccccc1OC(F)(F)F)c1ccccc1. The predicted molar refractivity (Wildman–Crippen MR) is 89.3 cm³/mol. The average molecular weight is 403 g/mol. The number of benzene rings is 2. The Morgan fingerprint density at radius 2 is 1.67 bits per heavy atom. The van der Waals surface area contributed by atoms with Crippen LogP contribution in [0.15, 0.2) is 59.5 Å². The van der Waals surface area contributed by atoms with Gasteiger partial charge in [0.2, 0.25) is 10.0 Å². The van der Waals surface area contributed by atoms with Crippen molar-refractivity contribution in [1.82, 2.24) is 4.72 Å². The first-order valence-corrected chi connectivity index (χ1v) is 9.21. The Balaban J connectivity index is 2.42. The molecule has 6 nitrogen and oxygen atoms in total. The van der Waals surface area contributed by atoms with Crippen LogP contribution in [0.3, 0.4) is 0 Å². The lowest BCUT2D eigenvalue weighted by Gasteiger charge is -2.19. The highest BCUT2D eigenvalue weighted by molar-refractivity contribution is 7.89. The number of hydrogen-bond acceptors (Lipinski definition) is 5. The van der Waals surface area contributed by atoms with E-state index in [1.807, 2.05) is 0 Å². The first-order chi connectivity index (χ1) is 12.6. The van der Waals surface area contributed by atoms with E-state index >= 15 is 0 Å². The number of halogens is 3. The van der Waals surface area contributed by atoms with Gasteiger partial charge < -0.3 is 9.47 Å². The van der Waals surface area contributed by atoms with E-state index in [0.717, 1.165) is 12.1 Å². The van der Waals surface area contributed by atoms with Crippen molar-refractivity contribution in [2.45, 2.75) is 24.2 Å². The molecule has 27 heavy (non-hydrogen) atoms. The van der Waals surface area contributed by atoms with Crippen molar-refractivity contribution in [2.24, 2.45) is 0 Å². The summed E-state index contributed by atoms with van der Waals surface area (Å²) >= 11 is 0. The molecular formula is C17H16F3NO5S. The van der Waals surface area contributed by atoms with Gasteiger partial charge in [-0.05, 0) is 24.6 Å². The third-order valence-electron chi connectivity index (χ3n) is 3.29. The molecule has 0 saturated carbocycles. The number of sulfonamides is 1. The molecule has 146 valence electrons. The Morgan fingerprint density at radius 1 is 1.07 bits per heavy atom. The zero-order valence-corrected chi connectivity index (χ0v) is 14.9. The molecule has 0 spiro atoms. The monoisotopic (exact) mass is 403 g/mol. The molecule has 0 radical (unpaired) electrons. The number of ether oxygens (including phenoxy) is 2. The topological polar surface area (TPSA) is 81.7 Å². The summed E-state index contributed by atoms with van der Waals surface area (Å²) in [6.07, 6.45) is -5.08. The van der Waals surface area contributed by atoms with Crippen LogP contribution in [0.5, 0.6) is 5.75 Å². The molecule has 0 amide bonds. The molecule has 0 heterocycles.